The predicted molar refractivity (Wildman–Crippen MR) is 67.6 cm³/mol. The first-order chi connectivity index (χ1) is 9.22. The van der Waals surface area contributed by atoms with Crippen molar-refractivity contribution >= 4 is 5.91 Å². The van der Waals surface area contributed by atoms with Crippen molar-refractivity contribution in [2.45, 2.75) is 38.1 Å². The molecule has 100 valence electrons. The third-order valence-corrected chi connectivity index (χ3v) is 3.56. The summed E-state index contributed by atoms with van der Waals surface area (Å²) in [5.41, 5.74) is -0.0638. The van der Waals surface area contributed by atoms with E-state index in [1.54, 1.807) is 0 Å². The Morgan fingerprint density at radius 1 is 1.47 bits per heavy atom. The fourth-order valence-corrected chi connectivity index (χ4v) is 2.50. The van der Waals surface area contributed by atoms with Gasteiger partial charge in [0.1, 0.15) is 6.04 Å². The number of hydrogen-bond acceptors (Lipinski definition) is 3. The normalized spacial score (nSPS) is 17.5. The number of aromatic nitrogens is 1. The van der Waals surface area contributed by atoms with Gasteiger partial charge in [-0.25, -0.2) is 4.39 Å². The minimum absolute atomic E-state index is 0.0638. The maximum absolute atomic E-state index is 13.4. The van der Waals surface area contributed by atoms with Crippen molar-refractivity contribution in [2.24, 2.45) is 5.92 Å². The number of nitriles is 1. The molecule has 1 N–H and O–H groups in total. The van der Waals surface area contributed by atoms with Crippen LogP contribution >= 0.6 is 0 Å². The van der Waals surface area contributed by atoms with Crippen molar-refractivity contribution < 1.29 is 9.18 Å². The fourth-order valence-electron chi connectivity index (χ4n) is 2.50. The second-order valence-electron chi connectivity index (χ2n) is 4.83. The minimum Gasteiger partial charge on any atom is -0.336 e. The molecule has 1 aromatic heterocycles. The topological polar surface area (TPSA) is 65.8 Å². The summed E-state index contributed by atoms with van der Waals surface area (Å²) in [7, 11) is 0. The standard InChI is InChI=1S/C14H16FN3O/c15-12-9-17-7-6-11(12)14(19)18-13(8-16)10-4-2-1-3-5-10/h6-7,9-10,13H,1-5H2,(H,18,19). The Balaban J connectivity index is 2.04. The van der Waals surface area contributed by atoms with E-state index in [9.17, 15) is 14.4 Å². The van der Waals surface area contributed by atoms with Gasteiger partial charge in [-0.05, 0) is 24.8 Å². The fraction of sp³-hybridized carbons (Fsp3) is 0.500. The van der Waals surface area contributed by atoms with Crippen LogP contribution in [-0.4, -0.2) is 16.9 Å². The van der Waals surface area contributed by atoms with Crippen LogP contribution in [0.3, 0.4) is 0 Å². The summed E-state index contributed by atoms with van der Waals surface area (Å²) < 4.78 is 13.4. The molecular formula is C14H16FN3O. The molecule has 5 heteroatoms. The van der Waals surface area contributed by atoms with Crippen molar-refractivity contribution in [3.63, 3.8) is 0 Å². The second kappa shape index (κ2) is 6.28. The Hall–Kier alpha value is -1.96. The number of rotatable bonds is 3. The molecule has 4 nitrogen and oxygen atoms in total. The molecule has 1 saturated carbocycles. The Morgan fingerprint density at radius 3 is 2.84 bits per heavy atom. The number of carbonyl (C=O) groups excluding carboxylic acids is 1. The molecular weight excluding hydrogens is 245 g/mol. The summed E-state index contributed by atoms with van der Waals surface area (Å²) in [5, 5.41) is 11.8. The van der Waals surface area contributed by atoms with Gasteiger partial charge in [0.15, 0.2) is 5.82 Å². The number of amides is 1. The van der Waals surface area contributed by atoms with Gasteiger partial charge in [0.05, 0.1) is 17.8 Å². The number of hydrogen-bond donors (Lipinski definition) is 1. The number of nitrogens with one attached hydrogen (secondary N) is 1. The van der Waals surface area contributed by atoms with Gasteiger partial charge in [-0.3, -0.25) is 9.78 Å². The highest BCUT2D eigenvalue weighted by Crippen LogP contribution is 2.26. The van der Waals surface area contributed by atoms with Gasteiger partial charge in [-0.1, -0.05) is 19.3 Å². The van der Waals surface area contributed by atoms with Crippen LogP contribution in [0, 0.1) is 23.1 Å². The number of nitrogens with zero attached hydrogens (tertiary/aromatic N) is 2. The highest BCUT2D eigenvalue weighted by atomic mass is 19.1. The molecule has 0 aliphatic heterocycles. The van der Waals surface area contributed by atoms with E-state index in [2.05, 4.69) is 16.4 Å². The molecule has 0 spiro atoms. The van der Waals surface area contributed by atoms with E-state index in [4.69, 9.17) is 0 Å². The summed E-state index contributed by atoms with van der Waals surface area (Å²) in [5.74, 6) is -1.04. The van der Waals surface area contributed by atoms with Gasteiger partial charge < -0.3 is 5.32 Å². The largest absolute Gasteiger partial charge is 0.336 e. The average Bonchev–Trinajstić information content (AvgIpc) is 2.46. The van der Waals surface area contributed by atoms with Crippen LogP contribution in [0.4, 0.5) is 4.39 Å². The van der Waals surface area contributed by atoms with E-state index in [1.165, 1.54) is 18.7 Å². The van der Waals surface area contributed by atoms with Gasteiger partial charge in [0, 0.05) is 6.20 Å². The van der Waals surface area contributed by atoms with Crippen LogP contribution in [0.15, 0.2) is 18.5 Å². The van der Waals surface area contributed by atoms with Crippen LogP contribution in [0.1, 0.15) is 42.5 Å². The van der Waals surface area contributed by atoms with Gasteiger partial charge in [0.2, 0.25) is 0 Å². The third-order valence-electron chi connectivity index (χ3n) is 3.56. The van der Waals surface area contributed by atoms with E-state index in [0.29, 0.717) is 0 Å². The van der Waals surface area contributed by atoms with Gasteiger partial charge in [-0.2, -0.15) is 5.26 Å². The van der Waals surface area contributed by atoms with Crippen LogP contribution in [-0.2, 0) is 0 Å². The summed E-state index contributed by atoms with van der Waals surface area (Å²) >= 11 is 0. The molecule has 1 aliphatic carbocycles. The zero-order chi connectivity index (χ0) is 13.7. The highest BCUT2D eigenvalue weighted by molar-refractivity contribution is 5.94. The van der Waals surface area contributed by atoms with E-state index < -0.39 is 17.8 Å². The van der Waals surface area contributed by atoms with Crippen molar-refractivity contribution in [1.29, 1.82) is 5.26 Å². The minimum atomic E-state index is -0.666. The van der Waals surface area contributed by atoms with E-state index in [0.717, 1.165) is 31.9 Å². The first-order valence-corrected chi connectivity index (χ1v) is 6.52. The average molecular weight is 261 g/mol. The predicted octanol–water partition coefficient (Wildman–Crippen LogP) is 2.42. The van der Waals surface area contributed by atoms with Crippen molar-refractivity contribution in [3.8, 4) is 6.07 Å². The van der Waals surface area contributed by atoms with Crippen LogP contribution in [0.5, 0.6) is 0 Å². The first-order valence-electron chi connectivity index (χ1n) is 6.52. The van der Waals surface area contributed by atoms with Crippen molar-refractivity contribution in [1.82, 2.24) is 10.3 Å². The van der Waals surface area contributed by atoms with Crippen LogP contribution in [0.25, 0.3) is 0 Å². The summed E-state index contributed by atoms with van der Waals surface area (Å²) in [6.45, 7) is 0. The molecule has 1 atom stereocenters. The number of pyridine rings is 1. The van der Waals surface area contributed by atoms with Gasteiger partial charge in [0.25, 0.3) is 5.91 Å². The Labute approximate surface area is 111 Å². The molecule has 0 saturated heterocycles. The molecule has 1 unspecified atom stereocenters. The number of carbonyl (C=O) groups is 1. The molecule has 0 aromatic carbocycles. The molecule has 0 bridgehead atoms. The lowest BCUT2D eigenvalue weighted by Gasteiger charge is -2.26. The number of halogens is 1. The Morgan fingerprint density at radius 2 is 2.21 bits per heavy atom. The van der Waals surface area contributed by atoms with E-state index in [-0.39, 0.29) is 11.5 Å². The molecule has 19 heavy (non-hydrogen) atoms. The van der Waals surface area contributed by atoms with E-state index in [1.807, 2.05) is 0 Å². The van der Waals surface area contributed by atoms with Crippen LogP contribution in [0.2, 0.25) is 0 Å². The Kier molecular flexibility index (Phi) is 4.45. The molecule has 1 fully saturated rings. The van der Waals surface area contributed by atoms with Crippen molar-refractivity contribution in [3.05, 3.63) is 29.8 Å². The molecule has 1 amide bonds. The quantitative estimate of drug-likeness (QED) is 0.908. The maximum atomic E-state index is 13.4. The van der Waals surface area contributed by atoms with Gasteiger partial charge >= 0.3 is 0 Å². The van der Waals surface area contributed by atoms with Gasteiger partial charge in [-0.15, -0.1) is 0 Å². The first kappa shape index (κ1) is 13.5. The highest BCUT2D eigenvalue weighted by Gasteiger charge is 2.25. The molecule has 2 rings (SSSR count). The third kappa shape index (κ3) is 3.28. The smallest absolute Gasteiger partial charge is 0.255 e. The molecule has 1 aliphatic rings. The summed E-state index contributed by atoms with van der Waals surface area (Å²) in [4.78, 5) is 15.5. The maximum Gasteiger partial charge on any atom is 0.255 e. The van der Waals surface area contributed by atoms with Crippen molar-refractivity contribution in [2.75, 3.05) is 0 Å². The summed E-state index contributed by atoms with van der Waals surface area (Å²) in [6, 6.07) is 2.90. The second-order valence-corrected chi connectivity index (χ2v) is 4.83. The SMILES string of the molecule is N#CC(NC(=O)c1ccncc1F)C1CCCCC1. The zero-order valence-corrected chi connectivity index (χ0v) is 10.6. The van der Waals surface area contributed by atoms with Crippen LogP contribution < -0.4 is 5.32 Å². The molecule has 1 heterocycles. The Bertz CT molecular complexity index is 492. The monoisotopic (exact) mass is 261 g/mol. The zero-order valence-electron chi connectivity index (χ0n) is 10.6. The molecule has 0 radical (unpaired) electrons. The summed E-state index contributed by atoms with van der Waals surface area (Å²) in [6.07, 6.45) is 7.60. The lowest BCUT2D eigenvalue weighted by molar-refractivity contribution is 0.0924. The lowest BCUT2D eigenvalue weighted by Crippen LogP contribution is -2.40. The van der Waals surface area contributed by atoms with E-state index >= 15 is 0 Å². The molecule has 1 aromatic rings. The lowest BCUT2D eigenvalue weighted by atomic mass is 9.84.